The number of nitrogens with one attached hydrogen (secondary N) is 2. The molecule has 2 aromatic heterocycles. The molecule has 0 aliphatic rings. The Morgan fingerprint density at radius 1 is 0.857 bits per heavy atom. The van der Waals surface area contributed by atoms with Gasteiger partial charge in [0.1, 0.15) is 11.3 Å². The summed E-state index contributed by atoms with van der Waals surface area (Å²) in [6, 6.07) is 21.6. The number of carbonyl (C=O) groups is 1. The van der Waals surface area contributed by atoms with Gasteiger partial charge < -0.3 is 5.32 Å². The second-order valence-corrected chi connectivity index (χ2v) is 6.22. The molecule has 138 valence electrons. The van der Waals surface area contributed by atoms with Gasteiger partial charge in [-0.2, -0.15) is 0 Å². The second kappa shape index (κ2) is 7.84. The van der Waals surface area contributed by atoms with E-state index in [1.54, 1.807) is 18.3 Å². The first kappa shape index (κ1) is 17.6. The number of rotatable bonds is 4. The molecule has 0 saturated carbocycles. The predicted molar refractivity (Wildman–Crippen MR) is 111 cm³/mol. The Morgan fingerprint density at radius 2 is 1.57 bits per heavy atom. The molecule has 0 fully saturated rings. The Balaban J connectivity index is 1.62. The zero-order valence-electron chi connectivity index (χ0n) is 15.4. The lowest BCUT2D eigenvalue weighted by Gasteiger charge is -2.07. The maximum Gasteiger partial charge on any atom is 0.320 e. The fourth-order valence-electron chi connectivity index (χ4n) is 2.89. The van der Waals surface area contributed by atoms with E-state index in [-0.39, 0.29) is 6.03 Å². The molecular weight excluding hydrogens is 350 g/mol. The molecule has 2 aromatic carbocycles. The first-order valence-corrected chi connectivity index (χ1v) is 9.07. The molecule has 0 aliphatic heterocycles. The first-order valence-electron chi connectivity index (χ1n) is 9.07. The molecule has 0 bridgehead atoms. The lowest BCUT2D eigenvalue weighted by molar-refractivity contribution is 0.252. The van der Waals surface area contributed by atoms with Gasteiger partial charge in [-0.05, 0) is 30.2 Å². The van der Waals surface area contributed by atoms with Gasteiger partial charge in [0.2, 0.25) is 0 Å². The Hall–Kier alpha value is -3.80. The third kappa shape index (κ3) is 3.81. The summed E-state index contributed by atoms with van der Waals surface area (Å²) in [5, 5.41) is 5.36. The number of amides is 2. The van der Waals surface area contributed by atoms with E-state index in [0.29, 0.717) is 23.5 Å². The maximum atomic E-state index is 11.7. The third-order valence-electron chi connectivity index (χ3n) is 4.27. The molecule has 0 radical (unpaired) electrons. The van der Waals surface area contributed by atoms with Crippen LogP contribution in [0.2, 0.25) is 0 Å². The van der Waals surface area contributed by atoms with Crippen LogP contribution >= 0.6 is 0 Å². The Labute approximate surface area is 162 Å². The minimum absolute atomic E-state index is 0.296. The van der Waals surface area contributed by atoms with Crippen LogP contribution in [0.25, 0.3) is 33.5 Å². The molecular formula is C22H19N5O. The summed E-state index contributed by atoms with van der Waals surface area (Å²) in [4.78, 5) is 25.1. The highest BCUT2D eigenvalue weighted by molar-refractivity contribution is 5.89. The van der Waals surface area contributed by atoms with Gasteiger partial charge in [-0.15, -0.1) is 0 Å². The SMILES string of the molecule is CCNC(=O)Nc1ccc2ncc(-c3ccc(-c4ccccc4)cc3)nc2n1. The van der Waals surface area contributed by atoms with Crippen molar-refractivity contribution in [3.63, 3.8) is 0 Å². The normalized spacial score (nSPS) is 10.6. The molecule has 2 amide bonds. The number of carbonyl (C=O) groups excluding carboxylic acids is 1. The molecule has 6 heteroatoms. The Kier molecular flexibility index (Phi) is 4.93. The van der Waals surface area contributed by atoms with Crippen LogP contribution in [-0.2, 0) is 0 Å². The molecule has 0 spiro atoms. The van der Waals surface area contributed by atoms with Crippen LogP contribution in [0.4, 0.5) is 10.6 Å². The van der Waals surface area contributed by atoms with Gasteiger partial charge in [-0.3, -0.25) is 10.3 Å². The van der Waals surface area contributed by atoms with Gasteiger partial charge >= 0.3 is 6.03 Å². The average Bonchev–Trinajstić information content (AvgIpc) is 2.74. The van der Waals surface area contributed by atoms with E-state index in [1.807, 2.05) is 37.3 Å². The quantitative estimate of drug-likeness (QED) is 0.555. The molecule has 4 rings (SSSR count). The van der Waals surface area contributed by atoms with E-state index in [1.165, 1.54) is 5.56 Å². The van der Waals surface area contributed by atoms with E-state index in [4.69, 9.17) is 0 Å². The van der Waals surface area contributed by atoms with Crippen molar-refractivity contribution in [2.75, 3.05) is 11.9 Å². The monoisotopic (exact) mass is 369 g/mol. The zero-order valence-corrected chi connectivity index (χ0v) is 15.4. The summed E-state index contributed by atoms with van der Waals surface area (Å²) >= 11 is 0. The molecule has 0 unspecified atom stereocenters. The second-order valence-electron chi connectivity index (χ2n) is 6.22. The van der Waals surface area contributed by atoms with E-state index in [0.717, 1.165) is 16.8 Å². The van der Waals surface area contributed by atoms with Gasteiger partial charge in [-0.25, -0.2) is 14.8 Å². The summed E-state index contributed by atoms with van der Waals surface area (Å²) in [5.74, 6) is 0.435. The number of nitrogens with zero attached hydrogens (tertiary/aromatic N) is 3. The van der Waals surface area contributed by atoms with Crippen molar-refractivity contribution < 1.29 is 4.79 Å². The predicted octanol–water partition coefficient (Wildman–Crippen LogP) is 4.50. The van der Waals surface area contributed by atoms with Crippen molar-refractivity contribution in [3.05, 3.63) is 72.9 Å². The van der Waals surface area contributed by atoms with Gasteiger partial charge in [0.15, 0.2) is 5.65 Å². The number of fused-ring (bicyclic) bond motifs is 1. The van der Waals surface area contributed by atoms with E-state index in [9.17, 15) is 4.79 Å². The van der Waals surface area contributed by atoms with Gasteiger partial charge in [0.05, 0.1) is 11.9 Å². The summed E-state index contributed by atoms with van der Waals surface area (Å²) in [6.07, 6.45) is 1.73. The number of benzene rings is 2. The van der Waals surface area contributed by atoms with Gasteiger partial charge in [0, 0.05) is 12.1 Å². The summed E-state index contributed by atoms with van der Waals surface area (Å²) in [5.41, 5.74) is 5.16. The number of pyridine rings is 1. The lowest BCUT2D eigenvalue weighted by atomic mass is 10.0. The Morgan fingerprint density at radius 3 is 2.32 bits per heavy atom. The van der Waals surface area contributed by atoms with Crippen molar-refractivity contribution in [3.8, 4) is 22.4 Å². The fraction of sp³-hybridized carbons (Fsp3) is 0.0909. The number of hydrogen-bond acceptors (Lipinski definition) is 4. The van der Waals surface area contributed by atoms with Crippen LogP contribution in [0.1, 0.15) is 6.92 Å². The third-order valence-corrected chi connectivity index (χ3v) is 4.27. The van der Waals surface area contributed by atoms with Crippen molar-refractivity contribution >= 4 is 23.0 Å². The number of aromatic nitrogens is 3. The van der Waals surface area contributed by atoms with Crippen molar-refractivity contribution in [1.29, 1.82) is 0 Å². The molecule has 28 heavy (non-hydrogen) atoms. The lowest BCUT2D eigenvalue weighted by Crippen LogP contribution is -2.28. The highest BCUT2D eigenvalue weighted by Crippen LogP contribution is 2.24. The van der Waals surface area contributed by atoms with E-state index in [2.05, 4.69) is 49.9 Å². The van der Waals surface area contributed by atoms with E-state index < -0.39 is 0 Å². The zero-order chi connectivity index (χ0) is 19.3. The molecule has 0 aliphatic carbocycles. The van der Waals surface area contributed by atoms with Gasteiger partial charge in [-0.1, -0.05) is 54.6 Å². The van der Waals surface area contributed by atoms with E-state index >= 15 is 0 Å². The highest BCUT2D eigenvalue weighted by atomic mass is 16.2. The molecule has 0 saturated heterocycles. The average molecular weight is 369 g/mol. The first-order chi connectivity index (χ1) is 13.7. The summed E-state index contributed by atoms with van der Waals surface area (Å²) in [6.45, 7) is 2.40. The van der Waals surface area contributed by atoms with Crippen LogP contribution in [0, 0.1) is 0 Å². The van der Waals surface area contributed by atoms with Gasteiger partial charge in [0.25, 0.3) is 0 Å². The molecule has 4 aromatic rings. The topological polar surface area (TPSA) is 79.8 Å². The minimum atomic E-state index is -0.296. The van der Waals surface area contributed by atoms with Crippen LogP contribution in [0.5, 0.6) is 0 Å². The summed E-state index contributed by atoms with van der Waals surface area (Å²) in [7, 11) is 0. The minimum Gasteiger partial charge on any atom is -0.338 e. The largest absolute Gasteiger partial charge is 0.338 e. The highest BCUT2D eigenvalue weighted by Gasteiger charge is 2.07. The van der Waals surface area contributed by atoms with Crippen molar-refractivity contribution in [2.45, 2.75) is 6.92 Å². The number of urea groups is 1. The molecule has 2 N–H and O–H groups in total. The standard InChI is InChI=1S/C22H19N5O/c1-2-23-22(28)27-20-13-12-18-21(26-20)25-19(14-24-18)17-10-8-16(9-11-17)15-6-4-3-5-7-15/h3-14H,2H2,1H3,(H2,23,25,26,27,28). The van der Waals surface area contributed by atoms with Crippen molar-refractivity contribution in [2.24, 2.45) is 0 Å². The molecule has 2 heterocycles. The molecule has 6 nitrogen and oxygen atoms in total. The Bertz CT molecular complexity index is 1110. The number of anilines is 1. The van der Waals surface area contributed by atoms with Crippen LogP contribution in [-0.4, -0.2) is 27.5 Å². The van der Waals surface area contributed by atoms with Crippen LogP contribution in [0.3, 0.4) is 0 Å². The maximum absolute atomic E-state index is 11.7. The van der Waals surface area contributed by atoms with Crippen molar-refractivity contribution in [1.82, 2.24) is 20.3 Å². The van der Waals surface area contributed by atoms with Crippen LogP contribution < -0.4 is 10.6 Å². The molecule has 0 atom stereocenters. The smallest absolute Gasteiger partial charge is 0.320 e. The summed E-state index contributed by atoms with van der Waals surface area (Å²) < 4.78 is 0. The number of hydrogen-bond donors (Lipinski definition) is 2. The fourth-order valence-corrected chi connectivity index (χ4v) is 2.89. The van der Waals surface area contributed by atoms with Crippen LogP contribution in [0.15, 0.2) is 72.9 Å².